The molecule has 4 unspecified atom stereocenters. The molecule has 0 aromatic heterocycles. The lowest BCUT2D eigenvalue weighted by molar-refractivity contribution is 0.171. The molecule has 4 heterocycles. The molecule has 4 atom stereocenters. The highest BCUT2D eigenvalue weighted by Gasteiger charge is 2.22. The van der Waals surface area contributed by atoms with Gasteiger partial charge in [0.05, 0.1) is 52.9 Å². The average Bonchev–Trinajstić information content (AvgIpc) is 3.87. The molecule has 47 heavy (non-hydrogen) atoms. The molecule has 0 saturated carbocycles. The van der Waals surface area contributed by atoms with Gasteiger partial charge in [0.2, 0.25) is 0 Å². The van der Waals surface area contributed by atoms with Gasteiger partial charge in [0.25, 0.3) is 0 Å². The quantitative estimate of drug-likeness (QED) is 0.185. The van der Waals surface area contributed by atoms with Gasteiger partial charge in [-0.25, -0.2) is 0 Å². The van der Waals surface area contributed by atoms with E-state index in [-0.39, 0.29) is 0 Å². The molecule has 0 bridgehead atoms. The topological polar surface area (TPSA) is 87.0 Å². The second-order valence-electron chi connectivity index (χ2n) is 11.0. The van der Waals surface area contributed by atoms with Gasteiger partial charge in [0.1, 0.15) is 24.4 Å². The third-order valence-electron chi connectivity index (χ3n) is 6.34. The third-order valence-corrected chi connectivity index (χ3v) is 6.34. The molecule has 0 radical (unpaired) electrons. The molecule has 0 spiro atoms. The van der Waals surface area contributed by atoms with Crippen LogP contribution in [-0.4, -0.2) is 106 Å². The summed E-state index contributed by atoms with van der Waals surface area (Å²) in [4.78, 5) is 0. The van der Waals surface area contributed by atoms with E-state index < -0.39 is 0 Å². The fourth-order valence-electron chi connectivity index (χ4n) is 3.67. The summed E-state index contributed by atoms with van der Waals surface area (Å²) < 4.78 is 38.3. The van der Waals surface area contributed by atoms with Crippen LogP contribution in [0.25, 0.3) is 21.5 Å². The van der Waals surface area contributed by atoms with Crippen molar-refractivity contribution < 1.29 is 37.9 Å². The molecule has 4 fully saturated rings. The van der Waals surface area contributed by atoms with E-state index in [0.717, 1.165) is 52.9 Å². The minimum absolute atomic E-state index is 0.426. The van der Waals surface area contributed by atoms with Gasteiger partial charge in [0, 0.05) is 28.4 Å². The van der Waals surface area contributed by atoms with Crippen molar-refractivity contribution in [3.8, 4) is 0 Å². The van der Waals surface area contributed by atoms with Crippen LogP contribution >= 0.6 is 0 Å². The fraction of sp³-hybridized carbons (Fsp3) is 0.487. The first-order chi connectivity index (χ1) is 23.1. The lowest BCUT2D eigenvalue weighted by Gasteiger charge is -1.92. The predicted octanol–water partition coefficient (Wildman–Crippen LogP) is 7.22. The van der Waals surface area contributed by atoms with Crippen molar-refractivity contribution in [3.63, 3.8) is 0 Å². The van der Waals surface area contributed by atoms with Crippen molar-refractivity contribution in [3.05, 3.63) is 97.1 Å². The van der Waals surface area contributed by atoms with Crippen molar-refractivity contribution in [2.75, 3.05) is 81.3 Å². The van der Waals surface area contributed by atoms with E-state index in [2.05, 4.69) is 111 Å². The summed E-state index contributed by atoms with van der Waals surface area (Å²) in [6, 6.07) is 33.4. The maximum Gasteiger partial charge on any atom is 0.104 e. The van der Waals surface area contributed by atoms with E-state index in [4.69, 9.17) is 37.9 Å². The standard InChI is InChI=1S/2C10H8.4C4H8O2.C3H8/c2*1-2-6-10-8-4-3-7-9(10)5-1;4*1-5-2-4-3-6-4;1-3-2/h2*1-8H;4*4H,2-3H2,1H3;3H2,1-2H3. The Morgan fingerprint density at radius 1 is 0.404 bits per heavy atom. The summed E-state index contributed by atoms with van der Waals surface area (Å²) in [7, 11) is 6.73. The highest BCUT2D eigenvalue weighted by Crippen LogP contribution is 2.12. The zero-order valence-corrected chi connectivity index (χ0v) is 29.2. The molecule has 0 N–H and O–H groups in total. The van der Waals surface area contributed by atoms with Gasteiger partial charge in [-0.05, 0) is 21.5 Å². The summed E-state index contributed by atoms with van der Waals surface area (Å²) in [5.74, 6) is 0. The van der Waals surface area contributed by atoms with E-state index in [1.54, 1.807) is 28.4 Å². The minimum atomic E-state index is 0.426. The van der Waals surface area contributed by atoms with Crippen LogP contribution in [0.15, 0.2) is 97.1 Å². The molecule has 8 nitrogen and oxygen atoms in total. The van der Waals surface area contributed by atoms with Crippen molar-refractivity contribution in [1.82, 2.24) is 0 Å². The van der Waals surface area contributed by atoms with Crippen LogP contribution in [0.5, 0.6) is 0 Å². The summed E-state index contributed by atoms with van der Waals surface area (Å²) in [6.07, 6.45) is 2.95. The molecule has 0 aliphatic carbocycles. The first-order valence-electron chi connectivity index (χ1n) is 16.4. The summed E-state index contributed by atoms with van der Waals surface area (Å²) in [6.45, 7) is 10.9. The third kappa shape index (κ3) is 22.3. The lowest BCUT2D eigenvalue weighted by Crippen LogP contribution is -1.94. The summed E-state index contributed by atoms with van der Waals surface area (Å²) >= 11 is 0. The first kappa shape index (κ1) is 40.3. The maximum atomic E-state index is 4.82. The molecule has 8 heteroatoms. The Kier molecular flexibility index (Phi) is 22.3. The average molecular weight is 653 g/mol. The number of benzene rings is 4. The molecule has 4 aliphatic heterocycles. The fourth-order valence-corrected chi connectivity index (χ4v) is 3.67. The van der Waals surface area contributed by atoms with Crippen LogP contribution in [0.2, 0.25) is 0 Å². The normalized spacial score (nSPS) is 20.2. The van der Waals surface area contributed by atoms with Gasteiger partial charge >= 0.3 is 0 Å². The second-order valence-corrected chi connectivity index (χ2v) is 11.0. The summed E-state index contributed by atoms with van der Waals surface area (Å²) in [5, 5.41) is 5.24. The molecule has 0 amide bonds. The summed E-state index contributed by atoms with van der Waals surface area (Å²) in [5.41, 5.74) is 0. The van der Waals surface area contributed by atoms with Crippen LogP contribution in [0, 0.1) is 0 Å². The Balaban J connectivity index is 0.000000196. The van der Waals surface area contributed by atoms with Crippen LogP contribution in [0.1, 0.15) is 20.3 Å². The van der Waals surface area contributed by atoms with Gasteiger partial charge in [0.15, 0.2) is 0 Å². The van der Waals surface area contributed by atoms with Crippen LogP contribution < -0.4 is 0 Å². The Hall–Kier alpha value is -2.92. The van der Waals surface area contributed by atoms with Crippen molar-refractivity contribution in [2.24, 2.45) is 0 Å². The number of fused-ring (bicyclic) bond motifs is 2. The lowest BCUT2D eigenvalue weighted by atomic mass is 10.1. The molecule has 4 aromatic rings. The first-order valence-corrected chi connectivity index (χ1v) is 16.4. The van der Waals surface area contributed by atoms with E-state index >= 15 is 0 Å². The van der Waals surface area contributed by atoms with Gasteiger partial charge in [-0.1, -0.05) is 117 Å². The number of hydrogen-bond donors (Lipinski definition) is 0. The predicted molar refractivity (Wildman–Crippen MR) is 190 cm³/mol. The second kappa shape index (κ2) is 26.1. The van der Waals surface area contributed by atoms with E-state index in [1.807, 2.05) is 0 Å². The largest absolute Gasteiger partial charge is 0.382 e. The number of ether oxygens (including phenoxy) is 8. The molecule has 8 rings (SSSR count). The van der Waals surface area contributed by atoms with Crippen molar-refractivity contribution >= 4 is 21.5 Å². The highest BCUT2D eigenvalue weighted by atomic mass is 16.6. The van der Waals surface area contributed by atoms with Crippen molar-refractivity contribution in [1.29, 1.82) is 0 Å². The number of methoxy groups -OCH3 is 4. The van der Waals surface area contributed by atoms with Crippen LogP contribution in [0.3, 0.4) is 0 Å². The Morgan fingerprint density at radius 3 is 0.638 bits per heavy atom. The van der Waals surface area contributed by atoms with Gasteiger partial charge in [-0.2, -0.15) is 0 Å². The molecular formula is C39H56O8. The minimum Gasteiger partial charge on any atom is -0.382 e. The Morgan fingerprint density at radius 2 is 0.553 bits per heavy atom. The maximum absolute atomic E-state index is 4.82. The number of rotatable bonds is 8. The monoisotopic (exact) mass is 652 g/mol. The van der Waals surface area contributed by atoms with E-state index in [0.29, 0.717) is 24.4 Å². The molecule has 4 aliphatic rings. The van der Waals surface area contributed by atoms with Crippen LogP contribution in [-0.2, 0) is 37.9 Å². The van der Waals surface area contributed by atoms with E-state index in [1.165, 1.54) is 28.0 Å². The smallest absolute Gasteiger partial charge is 0.104 e. The van der Waals surface area contributed by atoms with Crippen molar-refractivity contribution in [2.45, 2.75) is 44.7 Å². The molecule has 4 aromatic carbocycles. The van der Waals surface area contributed by atoms with Crippen LogP contribution in [0.4, 0.5) is 0 Å². The SMILES string of the molecule is CCC.COCC1CO1.COCC1CO1.COCC1CO1.COCC1CO1.c1ccc2ccccc2c1.c1ccc2ccccc2c1. The molecule has 260 valence electrons. The Labute approximate surface area is 282 Å². The zero-order chi connectivity index (χ0) is 34.0. The highest BCUT2D eigenvalue weighted by molar-refractivity contribution is 5.82. The molecule has 4 saturated heterocycles. The number of hydrogen-bond acceptors (Lipinski definition) is 8. The molecular weight excluding hydrogens is 596 g/mol. The van der Waals surface area contributed by atoms with E-state index in [9.17, 15) is 0 Å². The van der Waals surface area contributed by atoms with Gasteiger partial charge < -0.3 is 37.9 Å². The van der Waals surface area contributed by atoms with Gasteiger partial charge in [-0.3, -0.25) is 0 Å². The Bertz CT molecular complexity index is 1030. The number of epoxide rings is 4. The zero-order valence-electron chi connectivity index (χ0n) is 29.2. The van der Waals surface area contributed by atoms with Gasteiger partial charge in [-0.15, -0.1) is 0 Å².